The number of anilines is 1. The van der Waals surface area contributed by atoms with E-state index in [9.17, 15) is 8.42 Å². The van der Waals surface area contributed by atoms with Crippen molar-refractivity contribution >= 4 is 15.7 Å². The van der Waals surface area contributed by atoms with E-state index < -0.39 is 10.0 Å². The van der Waals surface area contributed by atoms with Gasteiger partial charge in [0, 0.05) is 31.9 Å². The summed E-state index contributed by atoms with van der Waals surface area (Å²) in [6.45, 7) is 10.4. The summed E-state index contributed by atoms with van der Waals surface area (Å²) in [5, 5.41) is 0. The van der Waals surface area contributed by atoms with Gasteiger partial charge < -0.3 is 4.90 Å². The van der Waals surface area contributed by atoms with E-state index in [-0.39, 0.29) is 0 Å². The molecule has 0 aliphatic carbocycles. The van der Waals surface area contributed by atoms with Gasteiger partial charge in [-0.1, -0.05) is 18.2 Å². The van der Waals surface area contributed by atoms with E-state index in [1.165, 1.54) is 16.8 Å². The fourth-order valence-corrected chi connectivity index (χ4v) is 5.18. The van der Waals surface area contributed by atoms with Crippen molar-refractivity contribution in [3.05, 3.63) is 58.7 Å². The lowest BCUT2D eigenvalue weighted by atomic mass is 10.1. The quantitative estimate of drug-likeness (QED) is 0.844. The number of aryl methyl sites for hydroxylation is 4. The van der Waals surface area contributed by atoms with Crippen molar-refractivity contribution in [3.8, 4) is 0 Å². The topological polar surface area (TPSA) is 40.6 Å². The first kappa shape index (κ1) is 18.0. The van der Waals surface area contributed by atoms with E-state index >= 15 is 0 Å². The third-order valence-corrected chi connectivity index (χ3v) is 6.81. The second-order valence-electron chi connectivity index (χ2n) is 7.01. The van der Waals surface area contributed by atoms with Crippen LogP contribution >= 0.6 is 0 Å². The molecule has 1 fully saturated rings. The van der Waals surface area contributed by atoms with Crippen molar-refractivity contribution in [3.63, 3.8) is 0 Å². The highest BCUT2D eigenvalue weighted by molar-refractivity contribution is 7.89. The summed E-state index contributed by atoms with van der Waals surface area (Å²) in [7, 11) is -3.43. The first-order valence-electron chi connectivity index (χ1n) is 8.68. The average Bonchev–Trinajstić information content (AvgIpc) is 2.56. The maximum absolute atomic E-state index is 13.0. The first-order valence-corrected chi connectivity index (χ1v) is 10.1. The fourth-order valence-electron chi connectivity index (χ4n) is 3.44. The third kappa shape index (κ3) is 3.72. The number of piperazine rings is 1. The highest BCUT2D eigenvalue weighted by atomic mass is 32.2. The number of nitrogens with zero attached hydrogens (tertiary/aromatic N) is 2. The summed E-state index contributed by atoms with van der Waals surface area (Å²) in [6.07, 6.45) is 0. The summed E-state index contributed by atoms with van der Waals surface area (Å²) >= 11 is 0. The molecule has 5 heteroatoms. The molecule has 4 nitrogen and oxygen atoms in total. The molecule has 3 rings (SSSR count). The highest BCUT2D eigenvalue weighted by Gasteiger charge is 2.29. The lowest BCUT2D eigenvalue weighted by Crippen LogP contribution is -2.48. The van der Waals surface area contributed by atoms with Gasteiger partial charge in [0.1, 0.15) is 0 Å². The monoisotopic (exact) mass is 358 g/mol. The molecule has 2 aromatic rings. The molecule has 0 bridgehead atoms. The van der Waals surface area contributed by atoms with Crippen LogP contribution in [0.4, 0.5) is 5.69 Å². The van der Waals surface area contributed by atoms with Gasteiger partial charge in [0.25, 0.3) is 0 Å². The van der Waals surface area contributed by atoms with Gasteiger partial charge in [-0.05, 0) is 68.1 Å². The molecule has 25 heavy (non-hydrogen) atoms. The maximum atomic E-state index is 13.0. The second kappa shape index (κ2) is 6.81. The number of benzene rings is 2. The van der Waals surface area contributed by atoms with Gasteiger partial charge in [-0.25, -0.2) is 8.42 Å². The van der Waals surface area contributed by atoms with E-state index in [4.69, 9.17) is 0 Å². The van der Waals surface area contributed by atoms with Crippen LogP contribution in [0, 0.1) is 27.7 Å². The van der Waals surface area contributed by atoms with Gasteiger partial charge in [-0.15, -0.1) is 0 Å². The minimum absolute atomic E-state index is 0.437. The zero-order valence-corrected chi connectivity index (χ0v) is 16.2. The Morgan fingerprint density at radius 1 is 0.760 bits per heavy atom. The summed E-state index contributed by atoms with van der Waals surface area (Å²) in [6, 6.07) is 12.1. The van der Waals surface area contributed by atoms with E-state index in [1.807, 2.05) is 26.0 Å². The molecular weight excluding hydrogens is 332 g/mol. The minimum atomic E-state index is -3.43. The minimum Gasteiger partial charge on any atom is -0.369 e. The van der Waals surface area contributed by atoms with Crippen LogP contribution < -0.4 is 4.90 Å². The Hall–Kier alpha value is -1.85. The molecule has 0 spiro atoms. The summed E-state index contributed by atoms with van der Waals surface area (Å²) in [4.78, 5) is 2.71. The Morgan fingerprint density at radius 3 is 1.96 bits per heavy atom. The van der Waals surface area contributed by atoms with Crippen molar-refractivity contribution < 1.29 is 8.42 Å². The standard InChI is InChI=1S/C20H26N2O2S/c1-15-5-6-18(4)20(14-15)25(23,24)22-9-7-21(8-10-22)19-12-16(2)11-17(3)13-19/h5-6,11-14H,7-10H2,1-4H3. The Kier molecular flexibility index (Phi) is 4.89. The molecule has 0 saturated carbocycles. The summed E-state index contributed by atoms with van der Waals surface area (Å²) < 4.78 is 27.7. The molecule has 134 valence electrons. The van der Waals surface area contributed by atoms with Gasteiger partial charge in [0.05, 0.1) is 4.90 Å². The number of rotatable bonds is 3. The lowest BCUT2D eigenvalue weighted by molar-refractivity contribution is 0.384. The molecule has 0 unspecified atom stereocenters. The Morgan fingerprint density at radius 2 is 1.36 bits per heavy atom. The average molecular weight is 359 g/mol. The molecule has 1 aliphatic heterocycles. The molecular formula is C20H26N2O2S. The second-order valence-corrected chi connectivity index (χ2v) is 8.91. The van der Waals surface area contributed by atoms with Crippen LogP contribution in [0.15, 0.2) is 41.3 Å². The highest BCUT2D eigenvalue weighted by Crippen LogP contribution is 2.25. The predicted octanol–water partition coefficient (Wildman–Crippen LogP) is 3.43. The van der Waals surface area contributed by atoms with Crippen molar-refractivity contribution in [2.75, 3.05) is 31.1 Å². The third-order valence-electron chi connectivity index (χ3n) is 4.77. The number of sulfonamides is 1. The van der Waals surface area contributed by atoms with Crippen LogP contribution in [-0.2, 0) is 10.0 Å². The molecule has 1 saturated heterocycles. The maximum Gasteiger partial charge on any atom is 0.243 e. The molecule has 1 heterocycles. The number of hydrogen-bond donors (Lipinski definition) is 0. The Labute approximate surface area is 151 Å². The van der Waals surface area contributed by atoms with Gasteiger partial charge in [0.15, 0.2) is 0 Å². The molecule has 2 aromatic carbocycles. The van der Waals surface area contributed by atoms with Crippen LogP contribution in [0.1, 0.15) is 22.3 Å². The summed E-state index contributed by atoms with van der Waals surface area (Å²) in [5.74, 6) is 0. The summed E-state index contributed by atoms with van der Waals surface area (Å²) in [5.41, 5.74) is 5.43. The molecule has 0 N–H and O–H groups in total. The zero-order chi connectivity index (χ0) is 18.2. The molecule has 1 aliphatic rings. The van der Waals surface area contributed by atoms with Crippen molar-refractivity contribution in [2.24, 2.45) is 0 Å². The molecule has 0 atom stereocenters. The van der Waals surface area contributed by atoms with Crippen LogP contribution in [0.5, 0.6) is 0 Å². The SMILES string of the molecule is Cc1cc(C)cc(N2CCN(S(=O)(=O)c3cc(C)ccc3C)CC2)c1. The van der Waals surface area contributed by atoms with Gasteiger partial charge in [0.2, 0.25) is 10.0 Å². The fraction of sp³-hybridized carbons (Fsp3) is 0.400. The van der Waals surface area contributed by atoms with Gasteiger partial charge >= 0.3 is 0 Å². The Balaban J connectivity index is 1.78. The van der Waals surface area contributed by atoms with E-state index in [2.05, 4.69) is 36.9 Å². The van der Waals surface area contributed by atoms with Crippen LogP contribution in [0.25, 0.3) is 0 Å². The van der Waals surface area contributed by atoms with Crippen LogP contribution in [0.2, 0.25) is 0 Å². The van der Waals surface area contributed by atoms with Crippen LogP contribution in [0.3, 0.4) is 0 Å². The van der Waals surface area contributed by atoms with E-state index in [0.717, 1.165) is 11.1 Å². The lowest BCUT2D eigenvalue weighted by Gasteiger charge is -2.36. The van der Waals surface area contributed by atoms with Crippen molar-refractivity contribution in [2.45, 2.75) is 32.6 Å². The molecule has 0 amide bonds. The Bertz CT molecular complexity index is 862. The van der Waals surface area contributed by atoms with E-state index in [1.54, 1.807) is 10.4 Å². The smallest absolute Gasteiger partial charge is 0.243 e. The predicted molar refractivity (Wildman–Crippen MR) is 103 cm³/mol. The molecule has 0 aromatic heterocycles. The molecule has 0 radical (unpaired) electrons. The van der Waals surface area contributed by atoms with E-state index in [0.29, 0.717) is 31.1 Å². The normalized spacial score (nSPS) is 16.2. The van der Waals surface area contributed by atoms with Crippen LogP contribution in [-0.4, -0.2) is 38.9 Å². The zero-order valence-electron chi connectivity index (χ0n) is 15.4. The van der Waals surface area contributed by atoms with Gasteiger partial charge in [-0.3, -0.25) is 0 Å². The van der Waals surface area contributed by atoms with Crippen molar-refractivity contribution in [1.29, 1.82) is 0 Å². The largest absolute Gasteiger partial charge is 0.369 e. The van der Waals surface area contributed by atoms with Gasteiger partial charge in [-0.2, -0.15) is 4.31 Å². The number of hydrogen-bond acceptors (Lipinski definition) is 3. The first-order chi connectivity index (χ1) is 11.8. The van der Waals surface area contributed by atoms with Crippen molar-refractivity contribution in [1.82, 2.24) is 4.31 Å².